The van der Waals surface area contributed by atoms with E-state index >= 15 is 0 Å². The predicted molar refractivity (Wildman–Crippen MR) is 44.9 cm³/mol. The Morgan fingerprint density at radius 2 is 2.31 bits per heavy atom. The first-order valence-electron chi connectivity index (χ1n) is 3.62. The van der Waals surface area contributed by atoms with Crippen molar-refractivity contribution >= 4 is 11.9 Å². The summed E-state index contributed by atoms with van der Waals surface area (Å²) in [6.07, 6.45) is 3.89. The molecule has 5 nitrogen and oxygen atoms in total. The summed E-state index contributed by atoms with van der Waals surface area (Å²) < 4.78 is 4.68. The van der Waals surface area contributed by atoms with E-state index in [1.54, 1.807) is 0 Å². The molecule has 1 atom stereocenters. The number of ether oxygens (including phenoxy) is 1. The summed E-state index contributed by atoms with van der Waals surface area (Å²) in [4.78, 5) is 21.0. The zero-order valence-electron chi connectivity index (χ0n) is 7.24. The summed E-state index contributed by atoms with van der Waals surface area (Å²) in [5, 5.41) is 10.7. The zero-order chi connectivity index (χ0) is 10.3. The maximum atomic E-state index is 10.8. The average molecular weight is 185 g/mol. The lowest BCUT2D eigenvalue weighted by molar-refractivity contribution is -0.150. The average Bonchev–Trinajstić information content (AvgIpc) is 2.10. The molecule has 0 spiro atoms. The van der Waals surface area contributed by atoms with Gasteiger partial charge in [0.2, 0.25) is 5.91 Å². The van der Waals surface area contributed by atoms with Crippen LogP contribution in [0.25, 0.3) is 0 Å². The van der Waals surface area contributed by atoms with Crippen molar-refractivity contribution in [3.63, 3.8) is 0 Å². The van der Waals surface area contributed by atoms with Crippen LogP contribution in [-0.2, 0) is 14.3 Å². The molecule has 72 valence electrons. The van der Waals surface area contributed by atoms with Crippen LogP contribution in [0.5, 0.6) is 0 Å². The van der Waals surface area contributed by atoms with Crippen LogP contribution in [0, 0.1) is 12.3 Å². The first-order valence-corrected chi connectivity index (χ1v) is 3.62. The Morgan fingerprint density at radius 3 is 2.77 bits per heavy atom. The van der Waals surface area contributed by atoms with Crippen molar-refractivity contribution in [2.24, 2.45) is 0 Å². The van der Waals surface area contributed by atoms with Crippen LogP contribution in [-0.4, -0.2) is 36.2 Å². The molecule has 0 rings (SSSR count). The highest BCUT2D eigenvalue weighted by atomic mass is 16.5. The van der Waals surface area contributed by atoms with Crippen LogP contribution >= 0.6 is 0 Å². The van der Waals surface area contributed by atoms with Gasteiger partial charge in [-0.2, -0.15) is 0 Å². The highest BCUT2D eigenvalue weighted by molar-refractivity contribution is 5.78. The van der Waals surface area contributed by atoms with Crippen LogP contribution in [0.15, 0.2) is 0 Å². The van der Waals surface area contributed by atoms with Gasteiger partial charge in [0, 0.05) is 0 Å². The Hall–Kier alpha value is -1.54. The number of hydrogen-bond acceptors (Lipinski definition) is 3. The van der Waals surface area contributed by atoms with Crippen molar-refractivity contribution in [2.75, 3.05) is 13.2 Å². The molecule has 0 aliphatic carbocycles. The molecule has 0 saturated heterocycles. The fraction of sp³-hybridized carbons (Fsp3) is 0.500. The van der Waals surface area contributed by atoms with Gasteiger partial charge in [0.25, 0.3) is 0 Å². The Balaban J connectivity index is 3.59. The summed E-state index contributed by atoms with van der Waals surface area (Å²) in [6, 6.07) is 0. The van der Waals surface area contributed by atoms with Crippen LogP contribution < -0.4 is 5.32 Å². The minimum Gasteiger partial charge on any atom is -0.479 e. The second kappa shape index (κ2) is 6.03. The molecule has 0 bridgehead atoms. The van der Waals surface area contributed by atoms with Crippen LogP contribution in [0.1, 0.15) is 6.92 Å². The highest BCUT2D eigenvalue weighted by Crippen LogP contribution is 1.89. The van der Waals surface area contributed by atoms with E-state index < -0.39 is 18.0 Å². The number of nitrogens with one attached hydrogen (secondary N) is 1. The van der Waals surface area contributed by atoms with Gasteiger partial charge in [-0.15, -0.1) is 6.42 Å². The topological polar surface area (TPSA) is 75.6 Å². The summed E-state index contributed by atoms with van der Waals surface area (Å²) in [5.74, 6) is 0.674. The Kier molecular flexibility index (Phi) is 5.32. The lowest BCUT2D eigenvalue weighted by atomic mass is 10.4. The van der Waals surface area contributed by atoms with Crippen molar-refractivity contribution in [3.8, 4) is 12.3 Å². The predicted octanol–water partition coefficient (Wildman–Crippen LogP) is -0.774. The van der Waals surface area contributed by atoms with Crippen molar-refractivity contribution in [1.29, 1.82) is 0 Å². The van der Waals surface area contributed by atoms with E-state index in [4.69, 9.17) is 11.5 Å². The molecule has 0 heterocycles. The van der Waals surface area contributed by atoms with Gasteiger partial charge in [0.1, 0.15) is 6.61 Å². The van der Waals surface area contributed by atoms with Gasteiger partial charge in [-0.05, 0) is 6.92 Å². The maximum Gasteiger partial charge on any atom is 0.332 e. The summed E-state index contributed by atoms with van der Waals surface area (Å²) in [6.45, 7) is 1.16. The minimum atomic E-state index is -1.11. The number of amides is 1. The van der Waals surface area contributed by atoms with E-state index in [1.165, 1.54) is 6.92 Å². The zero-order valence-corrected chi connectivity index (χ0v) is 7.24. The molecule has 0 fully saturated rings. The highest BCUT2D eigenvalue weighted by Gasteiger charge is 2.12. The third kappa shape index (κ3) is 5.70. The maximum absolute atomic E-state index is 10.8. The van der Waals surface area contributed by atoms with Gasteiger partial charge >= 0.3 is 5.97 Å². The first kappa shape index (κ1) is 11.5. The molecule has 0 radical (unpaired) electrons. The van der Waals surface area contributed by atoms with Crippen LogP contribution in [0.2, 0.25) is 0 Å². The third-order valence-electron chi connectivity index (χ3n) is 1.20. The van der Waals surface area contributed by atoms with Crippen molar-refractivity contribution < 1.29 is 19.4 Å². The third-order valence-corrected chi connectivity index (χ3v) is 1.20. The monoisotopic (exact) mass is 185 g/mol. The van der Waals surface area contributed by atoms with Crippen LogP contribution in [0.4, 0.5) is 0 Å². The molecule has 0 unspecified atom stereocenters. The number of hydrogen-bond donors (Lipinski definition) is 2. The SMILES string of the molecule is C#CCNC(=O)CO[C@H](C)C(=O)O. The fourth-order valence-electron chi connectivity index (χ4n) is 0.473. The van der Waals surface area contributed by atoms with E-state index in [1.807, 2.05) is 0 Å². The van der Waals surface area contributed by atoms with Gasteiger partial charge in [-0.25, -0.2) is 4.79 Å². The largest absolute Gasteiger partial charge is 0.479 e. The molecule has 0 aromatic heterocycles. The van der Waals surface area contributed by atoms with E-state index in [-0.39, 0.29) is 13.2 Å². The Bertz CT molecular complexity index is 231. The number of terminal acetylenes is 1. The lowest BCUT2D eigenvalue weighted by Crippen LogP contribution is -2.31. The van der Waals surface area contributed by atoms with E-state index in [0.29, 0.717) is 0 Å². The smallest absolute Gasteiger partial charge is 0.332 e. The standard InChI is InChI=1S/C8H11NO4/c1-3-4-9-7(10)5-13-6(2)8(11)12/h1,6H,4-5H2,2H3,(H,9,10)(H,11,12)/t6-/m1/s1. The number of carboxylic acid groups (broad SMARTS) is 1. The van der Waals surface area contributed by atoms with Crippen molar-refractivity contribution in [3.05, 3.63) is 0 Å². The van der Waals surface area contributed by atoms with Gasteiger partial charge < -0.3 is 15.2 Å². The molecule has 0 aliphatic rings. The minimum absolute atomic E-state index is 0.115. The second-order valence-corrected chi connectivity index (χ2v) is 2.27. The molecule has 1 amide bonds. The van der Waals surface area contributed by atoms with Gasteiger partial charge in [0.15, 0.2) is 6.10 Å². The van der Waals surface area contributed by atoms with Crippen LogP contribution in [0.3, 0.4) is 0 Å². The summed E-state index contributed by atoms with van der Waals surface area (Å²) in [5.41, 5.74) is 0. The Morgan fingerprint density at radius 1 is 1.69 bits per heavy atom. The van der Waals surface area contributed by atoms with Crippen molar-refractivity contribution in [2.45, 2.75) is 13.0 Å². The van der Waals surface area contributed by atoms with Gasteiger partial charge in [-0.1, -0.05) is 5.92 Å². The fourth-order valence-corrected chi connectivity index (χ4v) is 0.473. The first-order chi connectivity index (χ1) is 6.07. The summed E-state index contributed by atoms with van der Waals surface area (Å²) >= 11 is 0. The molecule has 0 aromatic carbocycles. The quantitative estimate of drug-likeness (QED) is 0.551. The number of carbonyl (C=O) groups excluding carboxylic acids is 1. The Labute approximate surface area is 76.1 Å². The normalized spacial score (nSPS) is 11.4. The van der Waals surface area contributed by atoms with E-state index in [2.05, 4.69) is 16.0 Å². The number of aliphatic carboxylic acids is 1. The number of rotatable bonds is 5. The number of carbonyl (C=O) groups is 2. The van der Waals surface area contributed by atoms with E-state index in [0.717, 1.165) is 0 Å². The second-order valence-electron chi connectivity index (χ2n) is 2.27. The van der Waals surface area contributed by atoms with Crippen molar-refractivity contribution in [1.82, 2.24) is 5.32 Å². The molecular formula is C8H11NO4. The molecule has 0 aliphatic heterocycles. The number of carboxylic acids is 1. The summed E-state index contributed by atoms with van der Waals surface area (Å²) in [7, 11) is 0. The van der Waals surface area contributed by atoms with E-state index in [9.17, 15) is 9.59 Å². The molecule has 5 heteroatoms. The molecule has 13 heavy (non-hydrogen) atoms. The molecule has 2 N–H and O–H groups in total. The lowest BCUT2D eigenvalue weighted by Gasteiger charge is -2.07. The molecule has 0 aromatic rings. The molecular weight excluding hydrogens is 174 g/mol. The van der Waals surface area contributed by atoms with Gasteiger partial charge in [-0.3, -0.25) is 4.79 Å². The molecule has 0 saturated carbocycles. The van der Waals surface area contributed by atoms with Gasteiger partial charge in [0.05, 0.1) is 6.54 Å².